The van der Waals surface area contributed by atoms with Crippen LogP contribution in [0.2, 0.25) is 0 Å². The zero-order valence-electron chi connectivity index (χ0n) is 24.5. The highest BCUT2D eigenvalue weighted by Crippen LogP contribution is 2.46. The molecule has 10 nitrogen and oxygen atoms in total. The zero-order valence-corrected chi connectivity index (χ0v) is 25.4. The van der Waals surface area contributed by atoms with Crippen molar-refractivity contribution in [2.45, 2.75) is 45.3 Å². The molecule has 1 aliphatic carbocycles. The summed E-state index contributed by atoms with van der Waals surface area (Å²) in [5.41, 5.74) is 4.62. The zero-order chi connectivity index (χ0) is 29.9. The van der Waals surface area contributed by atoms with Crippen molar-refractivity contribution in [2.75, 3.05) is 27.9 Å². The van der Waals surface area contributed by atoms with E-state index in [9.17, 15) is 4.79 Å². The van der Waals surface area contributed by atoms with E-state index in [1.54, 1.807) is 28.3 Å². The van der Waals surface area contributed by atoms with Crippen molar-refractivity contribution >= 4 is 39.8 Å². The van der Waals surface area contributed by atoms with Crippen LogP contribution in [0.25, 0.3) is 33.1 Å². The van der Waals surface area contributed by atoms with Crippen LogP contribution in [0.5, 0.6) is 28.9 Å². The van der Waals surface area contributed by atoms with Gasteiger partial charge in [-0.15, -0.1) is 0 Å². The van der Waals surface area contributed by atoms with Gasteiger partial charge < -0.3 is 33.0 Å². The highest BCUT2D eigenvalue weighted by atomic mass is 32.1. The van der Waals surface area contributed by atoms with Crippen LogP contribution >= 0.6 is 11.7 Å². The molecule has 1 saturated carbocycles. The lowest BCUT2D eigenvalue weighted by molar-refractivity contribution is 0.101. The fourth-order valence-corrected chi connectivity index (χ4v) is 6.17. The highest BCUT2D eigenvalue weighted by Gasteiger charge is 2.27. The van der Waals surface area contributed by atoms with Gasteiger partial charge in [-0.05, 0) is 74.6 Å². The van der Waals surface area contributed by atoms with Gasteiger partial charge in [-0.2, -0.15) is 8.75 Å². The van der Waals surface area contributed by atoms with E-state index in [1.165, 1.54) is 0 Å². The molecule has 2 heterocycles. The molecule has 0 saturated heterocycles. The molecule has 11 heteroatoms. The van der Waals surface area contributed by atoms with Crippen molar-refractivity contribution in [3.8, 4) is 40.0 Å². The summed E-state index contributed by atoms with van der Waals surface area (Å²) in [6.45, 7) is 2.20. The Kier molecular flexibility index (Phi) is 8.24. The summed E-state index contributed by atoms with van der Waals surface area (Å²) in [5, 5.41) is 0.805. The number of hydrogen-bond acceptors (Lipinski definition) is 10. The maximum Gasteiger partial charge on any atom is 0.515 e. The summed E-state index contributed by atoms with van der Waals surface area (Å²) in [7, 11) is 4.87. The van der Waals surface area contributed by atoms with Crippen LogP contribution in [0.15, 0.2) is 48.5 Å². The Morgan fingerprint density at radius 3 is 2.44 bits per heavy atom. The number of aromatic nitrogens is 3. The minimum absolute atomic E-state index is 0.113. The van der Waals surface area contributed by atoms with Crippen molar-refractivity contribution in [1.29, 1.82) is 0 Å². The third kappa shape index (κ3) is 5.64. The number of carbonyl (C=O) groups is 1. The molecule has 0 spiro atoms. The number of methoxy groups -OCH3 is 3. The lowest BCUT2D eigenvalue weighted by Gasteiger charge is -2.17. The second kappa shape index (κ2) is 12.4. The molecule has 0 N–H and O–H groups in total. The lowest BCUT2D eigenvalue weighted by atomic mass is 10.0. The average molecular weight is 604 g/mol. The van der Waals surface area contributed by atoms with Crippen LogP contribution in [0, 0.1) is 0 Å². The van der Waals surface area contributed by atoms with Gasteiger partial charge in [0.1, 0.15) is 22.5 Å². The van der Waals surface area contributed by atoms with Crippen molar-refractivity contribution in [1.82, 2.24) is 13.3 Å². The molecule has 0 aliphatic heterocycles. The largest absolute Gasteiger partial charge is 0.515 e. The van der Waals surface area contributed by atoms with Gasteiger partial charge in [0.05, 0.1) is 63.4 Å². The van der Waals surface area contributed by atoms with Gasteiger partial charge in [0.25, 0.3) is 0 Å². The molecule has 5 aromatic rings. The van der Waals surface area contributed by atoms with Crippen molar-refractivity contribution in [3.63, 3.8) is 0 Å². The van der Waals surface area contributed by atoms with E-state index < -0.39 is 6.16 Å². The van der Waals surface area contributed by atoms with Gasteiger partial charge in [0, 0.05) is 17.0 Å². The summed E-state index contributed by atoms with van der Waals surface area (Å²) in [5.74, 6) is 2.87. The Morgan fingerprint density at radius 2 is 1.70 bits per heavy atom. The topological polar surface area (TPSA) is 103 Å². The van der Waals surface area contributed by atoms with Crippen LogP contribution in [-0.2, 0) is 11.3 Å². The third-order valence-electron chi connectivity index (χ3n) is 7.70. The van der Waals surface area contributed by atoms with Crippen molar-refractivity contribution < 1.29 is 33.2 Å². The number of carbonyl (C=O) groups excluding carboxylic acids is 1. The molecule has 1 aliphatic rings. The first-order chi connectivity index (χ1) is 21.0. The second-order valence-electron chi connectivity index (χ2n) is 10.2. The Hall–Kier alpha value is -4.51. The van der Waals surface area contributed by atoms with E-state index in [0.717, 1.165) is 70.5 Å². The predicted molar refractivity (Wildman–Crippen MR) is 164 cm³/mol. The van der Waals surface area contributed by atoms with Crippen molar-refractivity contribution in [3.05, 3.63) is 54.1 Å². The number of nitrogens with zero attached hydrogens (tertiary/aromatic N) is 3. The number of ether oxygens (including phenoxy) is 6. The maximum absolute atomic E-state index is 12.9. The lowest BCUT2D eigenvalue weighted by Crippen LogP contribution is -2.14. The predicted octanol–water partition coefficient (Wildman–Crippen LogP) is 7.24. The fourth-order valence-electron chi connectivity index (χ4n) is 5.65. The summed E-state index contributed by atoms with van der Waals surface area (Å²) in [6.07, 6.45) is 3.56. The summed E-state index contributed by atoms with van der Waals surface area (Å²) in [4.78, 5) is 12.9. The SMILES string of the molecule is CCOC(=O)Oc1c(-c2ccc3nsnc3c2)c2cc(OC)c(OC3CCCC3)cc2n1Cc1cc(OC)ccc1OC. The first-order valence-electron chi connectivity index (χ1n) is 14.2. The van der Waals surface area contributed by atoms with Crippen LogP contribution in [0.1, 0.15) is 38.2 Å². The molecule has 0 amide bonds. The number of benzene rings is 3. The molecule has 2 aromatic heterocycles. The van der Waals surface area contributed by atoms with E-state index in [0.29, 0.717) is 41.0 Å². The van der Waals surface area contributed by atoms with Gasteiger partial charge in [-0.1, -0.05) is 6.07 Å². The molecule has 0 bridgehead atoms. The van der Waals surface area contributed by atoms with Gasteiger partial charge >= 0.3 is 6.16 Å². The Labute approximate surface area is 253 Å². The quantitative estimate of drug-likeness (QED) is 0.153. The van der Waals surface area contributed by atoms with Gasteiger partial charge in [-0.3, -0.25) is 0 Å². The summed E-state index contributed by atoms with van der Waals surface area (Å²) >= 11 is 1.15. The molecular weight excluding hydrogens is 570 g/mol. The monoisotopic (exact) mass is 603 g/mol. The van der Waals surface area contributed by atoms with E-state index >= 15 is 0 Å². The first kappa shape index (κ1) is 28.6. The minimum Gasteiger partial charge on any atom is -0.497 e. The van der Waals surface area contributed by atoms with Crippen LogP contribution in [0.3, 0.4) is 0 Å². The molecule has 6 rings (SSSR count). The number of hydrogen-bond donors (Lipinski definition) is 0. The normalized spacial score (nSPS) is 13.4. The molecule has 0 unspecified atom stereocenters. The molecule has 1 fully saturated rings. The van der Waals surface area contributed by atoms with E-state index in [4.69, 9.17) is 28.4 Å². The third-order valence-corrected chi connectivity index (χ3v) is 8.25. The number of fused-ring (bicyclic) bond motifs is 2. The Balaban J connectivity index is 1.63. The highest BCUT2D eigenvalue weighted by molar-refractivity contribution is 7.00. The van der Waals surface area contributed by atoms with Crippen LogP contribution in [0.4, 0.5) is 4.79 Å². The van der Waals surface area contributed by atoms with Gasteiger partial charge in [-0.25, -0.2) is 4.79 Å². The Morgan fingerprint density at radius 1 is 0.907 bits per heavy atom. The van der Waals surface area contributed by atoms with E-state index in [-0.39, 0.29) is 12.7 Å². The molecule has 43 heavy (non-hydrogen) atoms. The fraction of sp³-hybridized carbons (Fsp3) is 0.344. The van der Waals surface area contributed by atoms with Crippen LogP contribution < -0.4 is 23.7 Å². The molecule has 0 radical (unpaired) electrons. The maximum atomic E-state index is 12.9. The molecule has 3 aromatic carbocycles. The smallest absolute Gasteiger partial charge is 0.497 e. The van der Waals surface area contributed by atoms with Crippen molar-refractivity contribution in [2.24, 2.45) is 0 Å². The second-order valence-corrected chi connectivity index (χ2v) is 10.8. The number of rotatable bonds is 10. The minimum atomic E-state index is -0.809. The molecule has 0 atom stereocenters. The van der Waals surface area contributed by atoms with Gasteiger partial charge in [0.15, 0.2) is 11.5 Å². The first-order valence-corrected chi connectivity index (χ1v) is 14.9. The standard InChI is InChI=1S/C32H33N3O7S/c1-5-40-32(36)42-31-30(19-10-12-24-25(15-19)34-43-33-24)23-16-28(39-4)29(41-21-8-6-7-9-21)17-26(23)35(31)18-20-14-22(37-2)11-13-27(20)38-3/h10-17,21H,5-9,18H2,1-4H3. The average Bonchev–Trinajstić information content (AvgIpc) is 3.77. The molecular formula is C32H33N3O7S. The van der Waals surface area contributed by atoms with Gasteiger partial charge in [0.2, 0.25) is 5.88 Å². The van der Waals surface area contributed by atoms with Crippen LogP contribution in [-0.4, -0.2) is 53.5 Å². The summed E-state index contributed by atoms with van der Waals surface area (Å²) in [6, 6.07) is 15.3. The van der Waals surface area contributed by atoms with E-state index in [1.807, 2.05) is 53.1 Å². The van der Waals surface area contributed by atoms with E-state index in [2.05, 4.69) is 8.75 Å². The molecule has 224 valence electrons. The Bertz CT molecular complexity index is 1770. The summed E-state index contributed by atoms with van der Waals surface area (Å²) < 4.78 is 45.5.